The van der Waals surface area contributed by atoms with Crippen molar-refractivity contribution < 1.29 is 14.3 Å². The molecule has 0 saturated heterocycles. The molecule has 0 heterocycles. The van der Waals surface area contributed by atoms with Crippen LogP contribution in [0.3, 0.4) is 0 Å². The Morgan fingerprint density at radius 2 is 1.77 bits per heavy atom. The molecule has 1 fully saturated rings. The van der Waals surface area contributed by atoms with Crippen molar-refractivity contribution in [1.82, 2.24) is 4.90 Å². The number of hydrogen-bond donors (Lipinski definition) is 1. The molecule has 3 unspecified atom stereocenters. The summed E-state index contributed by atoms with van der Waals surface area (Å²) in [6.07, 6.45) is 5.57. The summed E-state index contributed by atoms with van der Waals surface area (Å²) in [5, 5.41) is 4.01. The van der Waals surface area contributed by atoms with Gasteiger partial charge in [-0.25, -0.2) is 4.79 Å². The number of benzene rings is 3. The van der Waals surface area contributed by atoms with Crippen LogP contribution >= 0.6 is 23.2 Å². The average molecular weight is 624 g/mol. The second-order valence-electron chi connectivity index (χ2n) is 13.2. The molecule has 0 bridgehead atoms. The highest BCUT2D eigenvalue weighted by molar-refractivity contribution is 6.36. The van der Waals surface area contributed by atoms with Gasteiger partial charge in [-0.2, -0.15) is 0 Å². The summed E-state index contributed by atoms with van der Waals surface area (Å²) in [7, 11) is 3.25. The molecule has 230 valence electrons. The zero-order valence-corrected chi connectivity index (χ0v) is 27.7. The summed E-state index contributed by atoms with van der Waals surface area (Å²) >= 11 is 12.6. The lowest BCUT2D eigenvalue weighted by Gasteiger charge is -2.56. The van der Waals surface area contributed by atoms with E-state index in [1.165, 1.54) is 23.1 Å². The molecule has 3 aromatic rings. The number of ether oxygens (including phenoxy) is 2. The number of nitrogens with one attached hydrogen (secondary N) is 1. The van der Waals surface area contributed by atoms with Gasteiger partial charge in [-0.05, 0) is 101 Å². The maximum absolute atomic E-state index is 14.1. The van der Waals surface area contributed by atoms with E-state index in [2.05, 4.69) is 51.2 Å². The van der Waals surface area contributed by atoms with Crippen molar-refractivity contribution in [2.24, 2.45) is 11.3 Å². The van der Waals surface area contributed by atoms with Crippen LogP contribution in [0, 0.1) is 11.3 Å². The quantitative estimate of drug-likeness (QED) is 0.272. The Labute approximate surface area is 266 Å². The Bertz CT molecular complexity index is 1490. The van der Waals surface area contributed by atoms with Gasteiger partial charge in [0.15, 0.2) is 11.5 Å². The van der Waals surface area contributed by atoms with Crippen LogP contribution in [0.1, 0.15) is 81.5 Å². The lowest BCUT2D eigenvalue weighted by Crippen LogP contribution is -2.54. The van der Waals surface area contributed by atoms with Crippen LogP contribution in [0.15, 0.2) is 54.6 Å². The van der Waals surface area contributed by atoms with E-state index in [1.54, 1.807) is 32.4 Å². The highest BCUT2D eigenvalue weighted by Gasteiger charge is 2.52. The Hall–Kier alpha value is -2.89. The molecule has 0 aliphatic heterocycles. The zero-order chi connectivity index (χ0) is 30.9. The number of nitrogens with zero attached hydrogens (tertiary/aromatic N) is 1. The van der Waals surface area contributed by atoms with Gasteiger partial charge in [0.05, 0.1) is 24.9 Å². The van der Waals surface area contributed by atoms with Gasteiger partial charge in [0.1, 0.15) is 0 Å². The number of fused-ring (bicyclic) bond motifs is 3. The summed E-state index contributed by atoms with van der Waals surface area (Å²) in [5.74, 6) is 2.27. The van der Waals surface area contributed by atoms with Crippen molar-refractivity contribution in [3.63, 3.8) is 0 Å². The molecule has 2 amide bonds. The van der Waals surface area contributed by atoms with Gasteiger partial charge in [-0.15, -0.1) is 0 Å². The molecular weight excluding hydrogens is 579 g/mol. The fourth-order valence-electron chi connectivity index (χ4n) is 7.81. The Balaban J connectivity index is 1.48. The van der Waals surface area contributed by atoms with Crippen LogP contribution < -0.4 is 14.8 Å². The number of rotatable bonds is 8. The number of urea groups is 1. The fraction of sp³-hybridized carbons (Fsp3) is 0.472. The molecule has 0 radical (unpaired) electrons. The zero-order valence-electron chi connectivity index (χ0n) is 26.2. The maximum Gasteiger partial charge on any atom is 0.322 e. The number of carbonyl (C=O) groups is 1. The van der Waals surface area contributed by atoms with E-state index in [4.69, 9.17) is 32.7 Å². The topological polar surface area (TPSA) is 50.8 Å². The van der Waals surface area contributed by atoms with Crippen LogP contribution in [0.5, 0.6) is 11.5 Å². The highest BCUT2D eigenvalue weighted by Crippen LogP contribution is 2.57. The van der Waals surface area contributed by atoms with Crippen LogP contribution in [0.2, 0.25) is 10.0 Å². The van der Waals surface area contributed by atoms with E-state index in [0.717, 1.165) is 31.2 Å². The van der Waals surface area contributed by atoms with E-state index in [-0.39, 0.29) is 16.9 Å². The number of halogens is 2. The van der Waals surface area contributed by atoms with Gasteiger partial charge in [0.2, 0.25) is 0 Å². The first-order chi connectivity index (χ1) is 20.5. The third-order valence-electron chi connectivity index (χ3n) is 10.0. The van der Waals surface area contributed by atoms with Gasteiger partial charge < -0.3 is 19.7 Å². The van der Waals surface area contributed by atoms with Crippen LogP contribution in [0.25, 0.3) is 0 Å². The van der Waals surface area contributed by atoms with Crippen molar-refractivity contribution in [3.8, 4) is 11.5 Å². The number of anilines is 1. The number of aryl methyl sites for hydroxylation is 1. The van der Waals surface area contributed by atoms with Crippen molar-refractivity contribution in [2.45, 2.75) is 77.7 Å². The van der Waals surface area contributed by atoms with Crippen LogP contribution in [-0.4, -0.2) is 31.7 Å². The first kappa shape index (κ1) is 31.5. The standard InChI is InChI=1S/C36H44Cl2N2O3/c1-23(2)25-9-12-28-26(19-25)10-15-33-35(3,16-7-17-36(28,33)4)22-40(21-24-8-14-31(42-5)32(18-24)43-6)34(41)39-30-13-11-27(37)20-29(30)38/h8-9,11-14,18-20,23,33H,7,10,15-17,21-22H2,1-6H3,(H,39,41). The summed E-state index contributed by atoms with van der Waals surface area (Å²) < 4.78 is 11.0. The maximum atomic E-state index is 14.1. The van der Waals surface area contributed by atoms with Crippen molar-refractivity contribution in [1.29, 1.82) is 0 Å². The van der Waals surface area contributed by atoms with Crippen molar-refractivity contribution >= 4 is 34.9 Å². The van der Waals surface area contributed by atoms with E-state index >= 15 is 0 Å². The van der Waals surface area contributed by atoms with E-state index < -0.39 is 0 Å². The van der Waals surface area contributed by atoms with Crippen molar-refractivity contribution in [2.75, 3.05) is 26.1 Å². The summed E-state index contributed by atoms with van der Waals surface area (Å²) in [4.78, 5) is 16.0. The average Bonchev–Trinajstić information content (AvgIpc) is 2.97. The smallest absolute Gasteiger partial charge is 0.322 e. The molecule has 7 heteroatoms. The summed E-state index contributed by atoms with van der Waals surface area (Å²) in [6.45, 7) is 10.4. The number of amides is 2. The molecular formula is C36H44Cl2N2O3. The van der Waals surface area contributed by atoms with Crippen molar-refractivity contribution in [3.05, 3.63) is 86.9 Å². The second kappa shape index (κ2) is 12.6. The van der Waals surface area contributed by atoms with Gasteiger partial charge in [0, 0.05) is 18.1 Å². The third kappa shape index (κ3) is 6.35. The number of methoxy groups -OCH3 is 2. The first-order valence-electron chi connectivity index (χ1n) is 15.3. The largest absolute Gasteiger partial charge is 0.493 e. The van der Waals surface area contributed by atoms with E-state index in [1.807, 2.05) is 23.1 Å². The SMILES string of the molecule is COc1ccc(CN(CC2(C)CCCC3(C)c4ccc(C(C)C)cc4CCC23)C(=O)Nc2ccc(Cl)cc2Cl)cc1OC. The molecule has 3 atom stereocenters. The Morgan fingerprint density at radius 1 is 1.00 bits per heavy atom. The lowest BCUT2D eigenvalue weighted by atomic mass is 9.49. The summed E-state index contributed by atoms with van der Waals surface area (Å²) in [5.41, 5.74) is 5.93. The lowest BCUT2D eigenvalue weighted by molar-refractivity contribution is 0.00467. The predicted molar refractivity (Wildman–Crippen MR) is 177 cm³/mol. The minimum atomic E-state index is -0.190. The van der Waals surface area contributed by atoms with Crippen LogP contribution in [0.4, 0.5) is 10.5 Å². The summed E-state index contributed by atoms with van der Waals surface area (Å²) in [6, 6.07) is 18.0. The monoisotopic (exact) mass is 622 g/mol. The van der Waals surface area contributed by atoms with Gasteiger partial charge >= 0.3 is 6.03 Å². The molecule has 5 nitrogen and oxygen atoms in total. The first-order valence-corrected chi connectivity index (χ1v) is 16.1. The van der Waals surface area contributed by atoms with Gasteiger partial charge in [-0.1, -0.05) is 81.6 Å². The van der Waals surface area contributed by atoms with E-state index in [9.17, 15) is 4.79 Å². The van der Waals surface area contributed by atoms with Gasteiger partial charge in [-0.3, -0.25) is 0 Å². The minimum absolute atomic E-state index is 0.0703. The fourth-order valence-corrected chi connectivity index (χ4v) is 8.27. The highest BCUT2D eigenvalue weighted by atomic mass is 35.5. The number of carbonyl (C=O) groups excluding carboxylic acids is 1. The second-order valence-corrected chi connectivity index (χ2v) is 14.0. The Kier molecular flexibility index (Phi) is 9.25. The molecule has 0 spiro atoms. The molecule has 3 aromatic carbocycles. The molecule has 2 aliphatic carbocycles. The molecule has 43 heavy (non-hydrogen) atoms. The molecule has 5 rings (SSSR count). The third-order valence-corrected chi connectivity index (χ3v) is 10.5. The molecule has 1 saturated carbocycles. The molecule has 2 aliphatic rings. The number of hydrogen-bond acceptors (Lipinski definition) is 3. The Morgan fingerprint density at radius 3 is 2.47 bits per heavy atom. The van der Waals surface area contributed by atoms with E-state index in [0.29, 0.717) is 52.2 Å². The predicted octanol–water partition coefficient (Wildman–Crippen LogP) is 9.88. The molecule has 0 aromatic heterocycles. The minimum Gasteiger partial charge on any atom is -0.493 e. The van der Waals surface area contributed by atoms with Crippen LogP contribution in [-0.2, 0) is 18.4 Å². The van der Waals surface area contributed by atoms with Gasteiger partial charge in [0.25, 0.3) is 0 Å². The normalized spacial score (nSPS) is 22.9. The molecule has 1 N–H and O–H groups in total.